The third-order valence-corrected chi connectivity index (χ3v) is 5.12. The highest BCUT2D eigenvalue weighted by atomic mass is 19.1. The van der Waals surface area contributed by atoms with Crippen LogP contribution in [0.25, 0.3) is 0 Å². The fourth-order valence-electron chi connectivity index (χ4n) is 3.56. The molecular weight excluding hydrogens is 383 g/mol. The molecule has 1 fully saturated rings. The molecule has 0 saturated carbocycles. The Hall–Kier alpha value is -2.64. The summed E-state index contributed by atoms with van der Waals surface area (Å²) in [5.74, 6) is 0.795. The zero-order valence-corrected chi connectivity index (χ0v) is 17.5. The van der Waals surface area contributed by atoms with E-state index in [0.29, 0.717) is 26.3 Å². The van der Waals surface area contributed by atoms with Gasteiger partial charge in [0.25, 0.3) is 0 Å². The van der Waals surface area contributed by atoms with Gasteiger partial charge < -0.3 is 20.5 Å². The fourth-order valence-corrected chi connectivity index (χ4v) is 3.56. The summed E-state index contributed by atoms with van der Waals surface area (Å²) in [7, 11) is 0. The van der Waals surface area contributed by atoms with Gasteiger partial charge in [-0.05, 0) is 48.7 Å². The van der Waals surface area contributed by atoms with E-state index in [9.17, 15) is 9.50 Å². The number of benzene rings is 2. The number of aromatic hydroxyl groups is 1. The monoisotopic (exact) mass is 414 g/mol. The molecular formula is C23H31FN4O2. The second-order valence-electron chi connectivity index (χ2n) is 7.28. The minimum atomic E-state index is -0.232. The Kier molecular flexibility index (Phi) is 8.47. The summed E-state index contributed by atoms with van der Waals surface area (Å²) >= 11 is 0. The van der Waals surface area contributed by atoms with Gasteiger partial charge in [-0.15, -0.1) is 0 Å². The summed E-state index contributed by atoms with van der Waals surface area (Å²) in [6.45, 7) is 7.12. The number of phenolic OH excluding ortho intramolecular Hbond substituents is 1. The number of hydrogen-bond donors (Lipinski definition) is 3. The molecule has 2 aromatic carbocycles. The molecule has 1 aliphatic rings. The number of morpholine rings is 1. The van der Waals surface area contributed by atoms with Gasteiger partial charge in [0.15, 0.2) is 5.96 Å². The van der Waals surface area contributed by atoms with Gasteiger partial charge in [-0.2, -0.15) is 0 Å². The quantitative estimate of drug-likeness (QED) is 0.458. The highest BCUT2D eigenvalue weighted by Crippen LogP contribution is 2.22. The lowest BCUT2D eigenvalue weighted by Crippen LogP contribution is -2.42. The van der Waals surface area contributed by atoms with Crippen LogP contribution in [0.5, 0.6) is 5.75 Å². The predicted octanol–water partition coefficient (Wildman–Crippen LogP) is 2.70. The zero-order chi connectivity index (χ0) is 21.2. The minimum Gasteiger partial charge on any atom is -0.508 e. The number of ether oxygens (including phenoxy) is 1. The summed E-state index contributed by atoms with van der Waals surface area (Å²) in [6, 6.07) is 14.0. The van der Waals surface area contributed by atoms with Crippen molar-refractivity contribution in [2.45, 2.75) is 19.4 Å². The van der Waals surface area contributed by atoms with E-state index in [2.05, 4.69) is 15.5 Å². The van der Waals surface area contributed by atoms with Gasteiger partial charge in [0, 0.05) is 26.2 Å². The van der Waals surface area contributed by atoms with Gasteiger partial charge in [0.1, 0.15) is 11.6 Å². The first-order valence-corrected chi connectivity index (χ1v) is 10.5. The van der Waals surface area contributed by atoms with Crippen LogP contribution in [0.2, 0.25) is 0 Å². The first-order valence-electron chi connectivity index (χ1n) is 10.5. The molecule has 1 heterocycles. The van der Waals surface area contributed by atoms with E-state index in [4.69, 9.17) is 9.73 Å². The SMILES string of the molecule is CCNC(=NCC(c1ccc(F)cc1)N1CCOCC1)NCCc1cccc(O)c1. The van der Waals surface area contributed by atoms with Crippen LogP contribution in [-0.4, -0.2) is 61.9 Å². The standard InChI is InChI=1S/C23H31FN4O2/c1-2-25-23(26-11-10-18-4-3-5-21(29)16-18)27-17-22(28-12-14-30-15-13-28)19-6-8-20(24)9-7-19/h3-9,16,22,29H,2,10-15,17H2,1H3,(H2,25,26,27). The van der Waals surface area contributed by atoms with Crippen molar-refractivity contribution < 1.29 is 14.2 Å². The molecule has 30 heavy (non-hydrogen) atoms. The van der Waals surface area contributed by atoms with E-state index < -0.39 is 0 Å². The molecule has 0 spiro atoms. The Morgan fingerprint density at radius 2 is 1.93 bits per heavy atom. The molecule has 3 rings (SSSR count). The van der Waals surface area contributed by atoms with Crippen molar-refractivity contribution in [3.8, 4) is 5.75 Å². The Balaban J connectivity index is 1.65. The van der Waals surface area contributed by atoms with E-state index in [1.54, 1.807) is 12.1 Å². The average Bonchev–Trinajstić information content (AvgIpc) is 2.76. The third-order valence-electron chi connectivity index (χ3n) is 5.12. The molecule has 1 unspecified atom stereocenters. The molecule has 0 amide bonds. The molecule has 0 aromatic heterocycles. The fraction of sp³-hybridized carbons (Fsp3) is 0.435. The molecule has 1 atom stereocenters. The lowest BCUT2D eigenvalue weighted by Gasteiger charge is -2.34. The molecule has 0 radical (unpaired) electrons. The second-order valence-corrected chi connectivity index (χ2v) is 7.28. The number of aliphatic imine (C=N–C) groups is 1. The van der Waals surface area contributed by atoms with E-state index in [1.165, 1.54) is 12.1 Å². The van der Waals surface area contributed by atoms with Gasteiger partial charge in [-0.1, -0.05) is 24.3 Å². The smallest absolute Gasteiger partial charge is 0.191 e. The van der Waals surface area contributed by atoms with E-state index >= 15 is 0 Å². The lowest BCUT2D eigenvalue weighted by molar-refractivity contribution is 0.0179. The van der Waals surface area contributed by atoms with Crippen LogP contribution in [0.4, 0.5) is 4.39 Å². The molecule has 7 heteroatoms. The van der Waals surface area contributed by atoms with Crippen LogP contribution in [0, 0.1) is 5.82 Å². The van der Waals surface area contributed by atoms with Crippen molar-refractivity contribution >= 4 is 5.96 Å². The lowest BCUT2D eigenvalue weighted by atomic mass is 10.0. The van der Waals surface area contributed by atoms with Crippen LogP contribution in [0.3, 0.4) is 0 Å². The Labute approximate surface area is 177 Å². The summed E-state index contributed by atoms with van der Waals surface area (Å²) < 4.78 is 18.9. The molecule has 6 nitrogen and oxygen atoms in total. The molecule has 1 saturated heterocycles. The number of nitrogens with zero attached hydrogens (tertiary/aromatic N) is 2. The number of halogens is 1. The molecule has 0 aliphatic carbocycles. The molecule has 3 N–H and O–H groups in total. The summed E-state index contributed by atoms with van der Waals surface area (Å²) in [5.41, 5.74) is 2.12. The van der Waals surface area contributed by atoms with E-state index in [1.807, 2.05) is 31.2 Å². The zero-order valence-electron chi connectivity index (χ0n) is 17.5. The maximum absolute atomic E-state index is 13.4. The number of phenols is 1. The van der Waals surface area contributed by atoms with Crippen LogP contribution in [0.15, 0.2) is 53.5 Å². The maximum Gasteiger partial charge on any atom is 0.191 e. The normalized spacial score (nSPS) is 16.3. The largest absolute Gasteiger partial charge is 0.508 e. The Bertz CT molecular complexity index is 807. The highest BCUT2D eigenvalue weighted by molar-refractivity contribution is 5.79. The summed E-state index contributed by atoms with van der Waals surface area (Å²) in [6.07, 6.45) is 0.781. The van der Waals surface area contributed by atoms with Crippen molar-refractivity contribution in [3.05, 3.63) is 65.5 Å². The van der Waals surface area contributed by atoms with Gasteiger partial charge in [0.05, 0.1) is 25.8 Å². The van der Waals surface area contributed by atoms with Gasteiger partial charge in [0.2, 0.25) is 0 Å². The van der Waals surface area contributed by atoms with Crippen molar-refractivity contribution in [1.29, 1.82) is 0 Å². The second kappa shape index (κ2) is 11.5. The van der Waals surface area contributed by atoms with Crippen molar-refractivity contribution in [3.63, 3.8) is 0 Å². The molecule has 162 valence electrons. The topological polar surface area (TPSA) is 69.1 Å². The van der Waals surface area contributed by atoms with Gasteiger partial charge in [-0.25, -0.2) is 4.39 Å². The molecule has 2 aromatic rings. The van der Waals surface area contributed by atoms with Gasteiger partial charge in [-0.3, -0.25) is 9.89 Å². The van der Waals surface area contributed by atoms with Crippen LogP contribution in [-0.2, 0) is 11.2 Å². The number of rotatable bonds is 8. The predicted molar refractivity (Wildman–Crippen MR) is 117 cm³/mol. The maximum atomic E-state index is 13.4. The van der Waals surface area contributed by atoms with Gasteiger partial charge >= 0.3 is 0 Å². The Morgan fingerprint density at radius 3 is 2.63 bits per heavy atom. The molecule has 1 aliphatic heterocycles. The Morgan fingerprint density at radius 1 is 1.17 bits per heavy atom. The first kappa shape index (κ1) is 22.1. The minimum absolute atomic E-state index is 0.0658. The van der Waals surface area contributed by atoms with Crippen molar-refractivity contribution in [1.82, 2.24) is 15.5 Å². The molecule has 0 bridgehead atoms. The summed E-state index contributed by atoms with van der Waals surface area (Å²) in [4.78, 5) is 7.15. The van der Waals surface area contributed by atoms with Crippen molar-refractivity contribution in [2.75, 3.05) is 45.9 Å². The van der Waals surface area contributed by atoms with E-state index in [0.717, 1.165) is 43.1 Å². The van der Waals surface area contributed by atoms with Crippen molar-refractivity contribution in [2.24, 2.45) is 4.99 Å². The van der Waals surface area contributed by atoms with Crippen LogP contribution in [0.1, 0.15) is 24.1 Å². The highest BCUT2D eigenvalue weighted by Gasteiger charge is 2.22. The number of hydrogen-bond acceptors (Lipinski definition) is 4. The number of nitrogens with one attached hydrogen (secondary N) is 2. The average molecular weight is 415 g/mol. The van der Waals surface area contributed by atoms with E-state index in [-0.39, 0.29) is 17.6 Å². The van der Waals surface area contributed by atoms with Crippen LogP contribution >= 0.6 is 0 Å². The summed E-state index contributed by atoms with van der Waals surface area (Å²) in [5, 5.41) is 16.3. The first-order chi connectivity index (χ1) is 14.7. The van der Waals surface area contributed by atoms with Crippen LogP contribution < -0.4 is 10.6 Å². The third kappa shape index (κ3) is 6.71. The number of guanidine groups is 1.